The first kappa shape index (κ1) is 19.3. The molecule has 6 nitrogen and oxygen atoms in total. The van der Waals surface area contributed by atoms with Crippen molar-refractivity contribution in [1.29, 1.82) is 0 Å². The van der Waals surface area contributed by atoms with E-state index in [9.17, 15) is 0 Å². The minimum atomic E-state index is 0.620. The Morgan fingerprint density at radius 1 is 1.18 bits per heavy atom. The zero-order valence-corrected chi connectivity index (χ0v) is 16.7. The average molecular weight is 383 g/mol. The van der Waals surface area contributed by atoms with Gasteiger partial charge in [-0.25, -0.2) is 4.98 Å². The van der Waals surface area contributed by atoms with Crippen LogP contribution in [0.15, 0.2) is 30.5 Å². The van der Waals surface area contributed by atoms with Gasteiger partial charge in [0.1, 0.15) is 11.3 Å². The van der Waals surface area contributed by atoms with Crippen LogP contribution in [0.1, 0.15) is 31.5 Å². The number of pyridine rings is 1. The van der Waals surface area contributed by atoms with Gasteiger partial charge in [0.25, 0.3) is 0 Å². The number of nitrogens with zero attached hydrogens (tertiary/aromatic N) is 3. The molecular formula is C22H30N4O2. The van der Waals surface area contributed by atoms with Gasteiger partial charge in [0.05, 0.1) is 23.8 Å². The van der Waals surface area contributed by atoms with Gasteiger partial charge in [0, 0.05) is 44.7 Å². The number of rotatable bonds is 9. The lowest BCUT2D eigenvalue weighted by Gasteiger charge is -2.23. The molecule has 4 rings (SSSR count). The molecular weight excluding hydrogens is 352 g/mol. The number of hydrogen-bond acceptors (Lipinski definition) is 5. The molecule has 0 amide bonds. The van der Waals surface area contributed by atoms with Crippen molar-refractivity contribution < 1.29 is 9.47 Å². The molecule has 0 atom stereocenters. The highest BCUT2D eigenvalue weighted by atomic mass is 16.5. The Morgan fingerprint density at radius 2 is 2.04 bits per heavy atom. The lowest BCUT2D eigenvalue weighted by Crippen LogP contribution is -2.35. The molecule has 1 aliphatic rings. The maximum absolute atomic E-state index is 5.43. The van der Waals surface area contributed by atoms with Crippen molar-refractivity contribution in [3.05, 3.63) is 36.3 Å². The van der Waals surface area contributed by atoms with E-state index in [4.69, 9.17) is 14.5 Å². The van der Waals surface area contributed by atoms with Crippen LogP contribution in [-0.2, 0) is 22.4 Å². The van der Waals surface area contributed by atoms with Gasteiger partial charge in [-0.1, -0.05) is 18.2 Å². The van der Waals surface area contributed by atoms with Crippen LogP contribution in [0.3, 0.4) is 0 Å². The van der Waals surface area contributed by atoms with Crippen molar-refractivity contribution in [1.82, 2.24) is 19.9 Å². The van der Waals surface area contributed by atoms with E-state index in [2.05, 4.69) is 33.1 Å². The average Bonchev–Trinajstić information content (AvgIpc) is 3.10. The highest BCUT2D eigenvalue weighted by molar-refractivity contribution is 6.02. The lowest BCUT2D eigenvalue weighted by molar-refractivity contribution is 0.0780. The van der Waals surface area contributed by atoms with Crippen LogP contribution in [0.4, 0.5) is 0 Å². The number of hydrogen-bond donors (Lipinski definition) is 1. The summed E-state index contributed by atoms with van der Waals surface area (Å²) in [6.07, 6.45) is 7.26. The fourth-order valence-electron chi connectivity index (χ4n) is 4.04. The third-order valence-electron chi connectivity index (χ3n) is 5.55. The molecule has 3 aromatic rings. The smallest absolute Gasteiger partial charge is 0.112 e. The fourth-order valence-corrected chi connectivity index (χ4v) is 4.04. The van der Waals surface area contributed by atoms with E-state index in [0.717, 1.165) is 75.3 Å². The van der Waals surface area contributed by atoms with Crippen LogP contribution < -0.4 is 5.32 Å². The summed E-state index contributed by atoms with van der Waals surface area (Å²) >= 11 is 0. The number of aryl methyl sites for hydroxylation is 1. The molecule has 1 aromatic carbocycles. The molecule has 6 heteroatoms. The Bertz CT molecular complexity index is 902. The molecule has 0 bridgehead atoms. The first-order valence-electron chi connectivity index (χ1n) is 10.4. The van der Waals surface area contributed by atoms with Crippen LogP contribution >= 0.6 is 0 Å². The van der Waals surface area contributed by atoms with Gasteiger partial charge >= 0.3 is 0 Å². The van der Waals surface area contributed by atoms with E-state index in [-0.39, 0.29) is 0 Å². The van der Waals surface area contributed by atoms with Crippen molar-refractivity contribution in [2.24, 2.45) is 0 Å². The van der Waals surface area contributed by atoms with Gasteiger partial charge in [-0.05, 0) is 38.3 Å². The number of methoxy groups -OCH3 is 1. The lowest BCUT2D eigenvalue weighted by atomic mass is 10.1. The number of aromatic nitrogens is 3. The number of para-hydroxylation sites is 1. The van der Waals surface area contributed by atoms with Gasteiger partial charge in [-0.15, -0.1) is 0 Å². The quantitative estimate of drug-likeness (QED) is 0.575. The van der Waals surface area contributed by atoms with Gasteiger partial charge in [0.15, 0.2) is 0 Å². The van der Waals surface area contributed by atoms with Crippen LogP contribution in [-0.4, -0.2) is 54.1 Å². The van der Waals surface area contributed by atoms with Gasteiger partial charge in [0.2, 0.25) is 0 Å². The van der Waals surface area contributed by atoms with Gasteiger partial charge < -0.3 is 19.4 Å². The van der Waals surface area contributed by atoms with Crippen molar-refractivity contribution >= 4 is 21.9 Å². The Balaban J connectivity index is 1.48. The first-order chi connectivity index (χ1) is 13.9. The fraction of sp³-hybridized carbons (Fsp3) is 0.545. The summed E-state index contributed by atoms with van der Waals surface area (Å²) in [5.41, 5.74) is 3.20. The Kier molecular flexibility index (Phi) is 6.52. The van der Waals surface area contributed by atoms with E-state index >= 15 is 0 Å². The van der Waals surface area contributed by atoms with E-state index in [0.29, 0.717) is 12.6 Å². The molecule has 1 aliphatic heterocycles. The summed E-state index contributed by atoms with van der Waals surface area (Å²) in [5, 5.41) is 4.86. The third-order valence-corrected chi connectivity index (χ3v) is 5.55. The summed E-state index contributed by atoms with van der Waals surface area (Å²) in [6, 6.07) is 8.95. The molecule has 0 aliphatic carbocycles. The van der Waals surface area contributed by atoms with Crippen LogP contribution in [0.25, 0.3) is 21.9 Å². The monoisotopic (exact) mass is 382 g/mol. The summed E-state index contributed by atoms with van der Waals surface area (Å²) in [6.45, 7) is 4.50. The predicted octanol–water partition coefficient (Wildman–Crippen LogP) is 3.32. The molecule has 2 aromatic heterocycles. The number of fused-ring (bicyclic) bond motifs is 3. The van der Waals surface area contributed by atoms with Crippen LogP contribution in [0.2, 0.25) is 0 Å². The number of ether oxygens (including phenoxy) is 2. The predicted molar refractivity (Wildman–Crippen MR) is 112 cm³/mol. The van der Waals surface area contributed by atoms with Gasteiger partial charge in [-0.3, -0.25) is 4.98 Å². The van der Waals surface area contributed by atoms with E-state index < -0.39 is 0 Å². The van der Waals surface area contributed by atoms with Crippen molar-refractivity contribution in [2.45, 2.75) is 44.7 Å². The normalized spacial score (nSPS) is 15.6. The summed E-state index contributed by atoms with van der Waals surface area (Å²) in [4.78, 5) is 9.44. The minimum Gasteiger partial charge on any atom is -0.384 e. The number of unbranched alkanes of at least 4 members (excludes halogenated alkanes) is 1. The minimum absolute atomic E-state index is 0.620. The van der Waals surface area contributed by atoms with E-state index in [1.165, 1.54) is 10.9 Å². The first-order valence-corrected chi connectivity index (χ1v) is 10.4. The zero-order chi connectivity index (χ0) is 19.2. The molecule has 0 saturated carbocycles. The van der Waals surface area contributed by atoms with Crippen LogP contribution in [0, 0.1) is 0 Å². The highest BCUT2D eigenvalue weighted by Crippen LogP contribution is 2.25. The largest absolute Gasteiger partial charge is 0.384 e. The molecule has 1 saturated heterocycles. The molecule has 0 spiro atoms. The van der Waals surface area contributed by atoms with Crippen LogP contribution in [0.5, 0.6) is 0 Å². The number of imidazole rings is 1. The number of nitrogens with one attached hydrogen (secondary N) is 1. The molecule has 0 unspecified atom stereocenters. The zero-order valence-electron chi connectivity index (χ0n) is 16.7. The molecule has 0 radical (unpaired) electrons. The second-order valence-electron chi connectivity index (χ2n) is 7.48. The van der Waals surface area contributed by atoms with Crippen molar-refractivity contribution in [3.8, 4) is 0 Å². The molecule has 1 N–H and O–H groups in total. The Hall–Kier alpha value is -2.02. The second-order valence-corrected chi connectivity index (χ2v) is 7.48. The number of benzene rings is 1. The summed E-state index contributed by atoms with van der Waals surface area (Å²) in [7, 11) is 1.74. The summed E-state index contributed by atoms with van der Waals surface area (Å²) in [5.74, 6) is 1.09. The third kappa shape index (κ3) is 4.35. The Labute approximate surface area is 166 Å². The molecule has 1 fully saturated rings. The van der Waals surface area contributed by atoms with E-state index in [1.807, 2.05) is 12.3 Å². The molecule has 150 valence electrons. The Morgan fingerprint density at radius 3 is 2.89 bits per heavy atom. The standard InChI is InChI=1S/C22H30N4O2/c1-27-13-10-21-25-20-16-24-19-7-3-2-6-18(19)22(20)26(21)12-5-4-11-23-17-8-14-28-15-9-17/h2-3,6-7,16-17,23H,4-5,8-15H2,1H3. The maximum atomic E-state index is 5.43. The van der Waals surface area contributed by atoms with E-state index in [1.54, 1.807) is 7.11 Å². The SMILES string of the molecule is COCCc1nc2cnc3ccccc3c2n1CCCCNC1CCOCC1. The topological polar surface area (TPSA) is 61.2 Å². The second kappa shape index (κ2) is 9.45. The van der Waals surface area contributed by atoms with Gasteiger partial charge in [-0.2, -0.15) is 0 Å². The van der Waals surface area contributed by atoms with Crippen molar-refractivity contribution in [2.75, 3.05) is 33.5 Å². The maximum Gasteiger partial charge on any atom is 0.112 e. The highest BCUT2D eigenvalue weighted by Gasteiger charge is 2.15. The summed E-state index contributed by atoms with van der Waals surface area (Å²) < 4.78 is 13.1. The van der Waals surface area contributed by atoms with Crippen molar-refractivity contribution in [3.63, 3.8) is 0 Å². The molecule has 3 heterocycles. The molecule has 28 heavy (non-hydrogen) atoms.